The number of aryl methyl sites for hydroxylation is 2. The zero-order valence-electron chi connectivity index (χ0n) is 13.1. The minimum absolute atomic E-state index is 0.0477. The number of amides is 1. The van der Waals surface area contributed by atoms with Crippen LogP contribution in [0.15, 0.2) is 41.2 Å². The van der Waals surface area contributed by atoms with Crippen molar-refractivity contribution in [1.29, 1.82) is 0 Å². The molecule has 0 spiro atoms. The number of benzene rings is 2. The molecule has 0 radical (unpaired) electrons. The molecule has 3 aromatic rings. The van der Waals surface area contributed by atoms with E-state index in [-0.39, 0.29) is 23.0 Å². The van der Waals surface area contributed by atoms with Crippen LogP contribution in [0.4, 0.5) is 10.1 Å². The molecule has 0 aliphatic carbocycles. The Morgan fingerprint density at radius 1 is 1.12 bits per heavy atom. The molecule has 0 aliphatic heterocycles. The molecule has 0 bridgehead atoms. The molecule has 0 unspecified atom stereocenters. The molecule has 1 aromatic heterocycles. The van der Waals surface area contributed by atoms with E-state index in [2.05, 4.69) is 5.32 Å². The van der Waals surface area contributed by atoms with Gasteiger partial charge in [0, 0.05) is 19.8 Å². The van der Waals surface area contributed by atoms with Gasteiger partial charge in [-0.3, -0.25) is 13.9 Å². The van der Waals surface area contributed by atoms with Gasteiger partial charge in [0.2, 0.25) is 5.91 Å². The molecule has 2 aromatic carbocycles. The number of imidazole rings is 1. The van der Waals surface area contributed by atoms with Crippen molar-refractivity contribution < 1.29 is 9.18 Å². The van der Waals surface area contributed by atoms with Crippen molar-refractivity contribution in [3.05, 3.63) is 63.3 Å². The molecule has 1 heterocycles. The van der Waals surface area contributed by atoms with E-state index in [1.807, 2.05) is 12.1 Å². The Morgan fingerprint density at radius 2 is 1.83 bits per heavy atom. The second kappa shape index (κ2) is 6.13. The van der Waals surface area contributed by atoms with Crippen molar-refractivity contribution in [3.63, 3.8) is 0 Å². The number of aromatic nitrogens is 2. The molecular weight excluding hydrogens is 333 g/mol. The normalized spacial score (nSPS) is 11.0. The van der Waals surface area contributed by atoms with Crippen LogP contribution >= 0.6 is 11.6 Å². The predicted octanol–water partition coefficient (Wildman–Crippen LogP) is 2.85. The third kappa shape index (κ3) is 2.92. The molecule has 0 saturated carbocycles. The number of nitrogens with one attached hydrogen (secondary N) is 1. The second-order valence-electron chi connectivity index (χ2n) is 5.58. The predicted molar refractivity (Wildman–Crippen MR) is 91.9 cm³/mol. The number of rotatable bonds is 3. The molecule has 24 heavy (non-hydrogen) atoms. The van der Waals surface area contributed by atoms with Crippen LogP contribution in [0.2, 0.25) is 5.02 Å². The van der Waals surface area contributed by atoms with Gasteiger partial charge in [0.1, 0.15) is 5.82 Å². The molecule has 5 nitrogen and oxygen atoms in total. The zero-order chi connectivity index (χ0) is 17.4. The maximum Gasteiger partial charge on any atom is 0.328 e. The van der Waals surface area contributed by atoms with E-state index >= 15 is 0 Å². The third-order valence-corrected chi connectivity index (χ3v) is 4.19. The van der Waals surface area contributed by atoms with Crippen molar-refractivity contribution in [2.24, 2.45) is 14.1 Å². The maximum absolute atomic E-state index is 13.1. The van der Waals surface area contributed by atoms with Gasteiger partial charge in [-0.2, -0.15) is 0 Å². The number of hydrogen-bond acceptors (Lipinski definition) is 2. The average Bonchev–Trinajstić information content (AvgIpc) is 2.75. The molecule has 0 fully saturated rings. The number of hydrogen-bond donors (Lipinski definition) is 1. The van der Waals surface area contributed by atoms with E-state index in [4.69, 9.17) is 11.6 Å². The fourth-order valence-corrected chi connectivity index (χ4v) is 2.81. The lowest BCUT2D eigenvalue weighted by atomic mass is 10.1. The summed E-state index contributed by atoms with van der Waals surface area (Å²) >= 11 is 5.70. The highest BCUT2D eigenvalue weighted by molar-refractivity contribution is 6.31. The Hall–Kier alpha value is -2.60. The summed E-state index contributed by atoms with van der Waals surface area (Å²) in [4.78, 5) is 24.1. The van der Waals surface area contributed by atoms with E-state index in [1.54, 1.807) is 24.7 Å². The molecular formula is C17H15ClFN3O2. The lowest BCUT2D eigenvalue weighted by molar-refractivity contribution is -0.115. The highest BCUT2D eigenvalue weighted by atomic mass is 35.5. The van der Waals surface area contributed by atoms with Crippen molar-refractivity contribution >= 4 is 34.2 Å². The summed E-state index contributed by atoms with van der Waals surface area (Å²) in [6.45, 7) is 0. The molecule has 3 rings (SSSR count). The van der Waals surface area contributed by atoms with Gasteiger partial charge in [0.25, 0.3) is 0 Å². The van der Waals surface area contributed by atoms with Crippen molar-refractivity contribution in [2.75, 3.05) is 5.32 Å². The van der Waals surface area contributed by atoms with Crippen LogP contribution in [0.5, 0.6) is 0 Å². The van der Waals surface area contributed by atoms with Gasteiger partial charge < -0.3 is 5.32 Å². The number of anilines is 1. The highest BCUT2D eigenvalue weighted by Crippen LogP contribution is 2.20. The van der Waals surface area contributed by atoms with Gasteiger partial charge in [-0.15, -0.1) is 0 Å². The molecule has 1 N–H and O–H groups in total. The van der Waals surface area contributed by atoms with Crippen LogP contribution in [0.3, 0.4) is 0 Å². The minimum Gasteiger partial charge on any atom is -0.326 e. The summed E-state index contributed by atoms with van der Waals surface area (Å²) < 4.78 is 16.2. The van der Waals surface area contributed by atoms with Crippen molar-refractivity contribution in [3.8, 4) is 0 Å². The SMILES string of the molecule is Cn1c(=O)n(C)c2cc(CC(=O)Nc3ccc(F)c(Cl)c3)ccc21. The fraction of sp³-hybridized carbons (Fsp3) is 0.176. The fourth-order valence-electron chi connectivity index (χ4n) is 2.63. The van der Waals surface area contributed by atoms with Gasteiger partial charge in [0.05, 0.1) is 22.5 Å². The first-order chi connectivity index (χ1) is 11.4. The van der Waals surface area contributed by atoms with Crippen molar-refractivity contribution in [1.82, 2.24) is 9.13 Å². The topological polar surface area (TPSA) is 56.0 Å². The smallest absolute Gasteiger partial charge is 0.326 e. The number of fused-ring (bicyclic) bond motifs is 1. The molecule has 0 saturated heterocycles. The summed E-state index contributed by atoms with van der Waals surface area (Å²) in [5, 5.41) is 2.63. The Balaban J connectivity index is 1.81. The number of carbonyl (C=O) groups excluding carboxylic acids is 1. The third-order valence-electron chi connectivity index (χ3n) is 3.90. The number of halogens is 2. The van der Waals surface area contributed by atoms with Crippen LogP contribution in [-0.4, -0.2) is 15.0 Å². The summed E-state index contributed by atoms with van der Waals surface area (Å²) in [6.07, 6.45) is 0.133. The molecule has 1 amide bonds. The van der Waals surface area contributed by atoms with Gasteiger partial charge in [-0.25, -0.2) is 9.18 Å². The first-order valence-electron chi connectivity index (χ1n) is 7.26. The first kappa shape index (κ1) is 16.3. The number of nitrogens with zero attached hydrogens (tertiary/aromatic N) is 2. The molecule has 124 valence electrons. The van der Waals surface area contributed by atoms with Gasteiger partial charge in [-0.05, 0) is 35.9 Å². The minimum atomic E-state index is -0.537. The number of carbonyl (C=O) groups is 1. The van der Waals surface area contributed by atoms with Gasteiger partial charge in [-0.1, -0.05) is 17.7 Å². The molecule has 0 atom stereocenters. The van der Waals surface area contributed by atoms with E-state index in [1.165, 1.54) is 22.8 Å². The summed E-state index contributed by atoms with van der Waals surface area (Å²) in [6, 6.07) is 9.44. The second-order valence-corrected chi connectivity index (χ2v) is 5.98. The van der Waals surface area contributed by atoms with E-state index in [9.17, 15) is 14.0 Å². The van der Waals surface area contributed by atoms with Gasteiger partial charge in [0.15, 0.2) is 0 Å². The highest BCUT2D eigenvalue weighted by Gasteiger charge is 2.11. The van der Waals surface area contributed by atoms with E-state index in [0.717, 1.165) is 16.6 Å². The Kier molecular flexibility index (Phi) is 4.15. The lowest BCUT2D eigenvalue weighted by Gasteiger charge is -2.07. The Morgan fingerprint density at radius 3 is 2.54 bits per heavy atom. The van der Waals surface area contributed by atoms with Crippen LogP contribution in [0.25, 0.3) is 11.0 Å². The van der Waals surface area contributed by atoms with E-state index < -0.39 is 5.82 Å². The largest absolute Gasteiger partial charge is 0.328 e. The average molecular weight is 348 g/mol. The van der Waals surface area contributed by atoms with Crippen LogP contribution in [0, 0.1) is 5.82 Å². The summed E-state index contributed by atoms with van der Waals surface area (Å²) in [5.41, 5.74) is 2.65. The Bertz CT molecular complexity index is 1010. The molecule has 7 heteroatoms. The van der Waals surface area contributed by atoms with Crippen molar-refractivity contribution in [2.45, 2.75) is 6.42 Å². The maximum atomic E-state index is 13.1. The first-order valence-corrected chi connectivity index (χ1v) is 7.64. The lowest BCUT2D eigenvalue weighted by Crippen LogP contribution is -2.19. The van der Waals surface area contributed by atoms with Crippen LogP contribution in [0.1, 0.15) is 5.56 Å². The monoisotopic (exact) mass is 347 g/mol. The van der Waals surface area contributed by atoms with Crippen LogP contribution in [-0.2, 0) is 25.3 Å². The summed E-state index contributed by atoms with van der Waals surface area (Å²) in [5.74, 6) is -0.789. The zero-order valence-corrected chi connectivity index (χ0v) is 13.9. The Labute approximate surface area is 142 Å². The summed E-state index contributed by atoms with van der Waals surface area (Å²) in [7, 11) is 3.39. The standard InChI is InChI=1S/C17H15ClFN3O2/c1-21-14-6-3-10(7-15(14)22(2)17(21)24)8-16(23)20-11-4-5-13(19)12(18)9-11/h3-7,9H,8H2,1-2H3,(H,20,23). The quantitative estimate of drug-likeness (QED) is 0.792. The van der Waals surface area contributed by atoms with Crippen LogP contribution < -0.4 is 11.0 Å². The van der Waals surface area contributed by atoms with E-state index in [0.29, 0.717) is 5.69 Å². The van der Waals surface area contributed by atoms with Gasteiger partial charge >= 0.3 is 5.69 Å². The molecule has 0 aliphatic rings.